The minimum atomic E-state index is -3.36. The molecule has 0 unspecified atom stereocenters. The van der Waals surface area contributed by atoms with Gasteiger partial charge in [-0.05, 0) is 53.8 Å². The van der Waals surface area contributed by atoms with E-state index in [1.54, 1.807) is 23.6 Å². The van der Waals surface area contributed by atoms with Crippen LogP contribution in [0.3, 0.4) is 0 Å². The molecule has 156 valence electrons. The van der Waals surface area contributed by atoms with Gasteiger partial charge in [-0.2, -0.15) is 0 Å². The van der Waals surface area contributed by atoms with E-state index in [-0.39, 0.29) is 0 Å². The number of sulfonamides is 1. The number of nitrogen functional groups attached to an aromatic ring is 1. The van der Waals surface area contributed by atoms with E-state index in [1.807, 2.05) is 25.1 Å². The fraction of sp³-hybridized carbons (Fsp3) is 0.0870. The summed E-state index contributed by atoms with van der Waals surface area (Å²) < 4.78 is 26.8. The second-order valence-electron chi connectivity index (χ2n) is 7.62. The Bertz CT molecular complexity index is 1570. The van der Waals surface area contributed by atoms with Crippen LogP contribution >= 0.6 is 11.3 Å². The molecule has 31 heavy (non-hydrogen) atoms. The Morgan fingerprint density at radius 2 is 1.87 bits per heavy atom. The molecule has 0 aliphatic rings. The van der Waals surface area contributed by atoms with Crippen LogP contribution in [-0.2, 0) is 10.0 Å². The first-order valence-corrected chi connectivity index (χ1v) is 12.4. The van der Waals surface area contributed by atoms with Gasteiger partial charge >= 0.3 is 0 Å². The lowest BCUT2D eigenvalue weighted by Gasteiger charge is -2.09. The minimum Gasteiger partial charge on any atom is -0.383 e. The second kappa shape index (κ2) is 7.11. The lowest BCUT2D eigenvalue weighted by atomic mass is 10.0. The Hall–Kier alpha value is -3.36. The lowest BCUT2D eigenvalue weighted by Crippen LogP contribution is -2.09. The summed E-state index contributed by atoms with van der Waals surface area (Å²) >= 11 is 1.61. The van der Waals surface area contributed by atoms with Gasteiger partial charge in [-0.25, -0.2) is 13.4 Å². The van der Waals surface area contributed by atoms with E-state index in [2.05, 4.69) is 44.3 Å². The summed E-state index contributed by atoms with van der Waals surface area (Å²) in [6.07, 6.45) is 2.88. The summed E-state index contributed by atoms with van der Waals surface area (Å²) in [5.41, 5.74) is 12.9. The molecular formula is C23H20N4O2S2. The molecule has 0 radical (unpaired) electrons. The minimum absolute atomic E-state index is 0.478. The molecule has 0 atom stereocenters. The molecule has 0 aliphatic heterocycles. The number of nitrogens with one attached hydrogen (secondary N) is 2. The van der Waals surface area contributed by atoms with Gasteiger partial charge in [0.1, 0.15) is 5.82 Å². The molecule has 0 spiro atoms. The van der Waals surface area contributed by atoms with Crippen molar-refractivity contribution in [2.75, 3.05) is 16.7 Å². The maximum atomic E-state index is 11.6. The van der Waals surface area contributed by atoms with Crippen LogP contribution in [0.25, 0.3) is 43.2 Å². The summed E-state index contributed by atoms with van der Waals surface area (Å²) in [6, 6.07) is 15.7. The second-order valence-corrected chi connectivity index (χ2v) is 10.2. The van der Waals surface area contributed by atoms with E-state index in [4.69, 9.17) is 5.73 Å². The molecular weight excluding hydrogens is 428 g/mol. The molecule has 0 amide bonds. The zero-order chi connectivity index (χ0) is 21.8. The van der Waals surface area contributed by atoms with E-state index in [0.717, 1.165) is 55.2 Å². The van der Waals surface area contributed by atoms with Crippen molar-refractivity contribution < 1.29 is 8.42 Å². The molecule has 0 bridgehead atoms. The van der Waals surface area contributed by atoms with Crippen molar-refractivity contribution in [1.82, 2.24) is 9.97 Å². The van der Waals surface area contributed by atoms with Gasteiger partial charge in [0, 0.05) is 49.7 Å². The van der Waals surface area contributed by atoms with Crippen LogP contribution in [-0.4, -0.2) is 24.6 Å². The van der Waals surface area contributed by atoms with Gasteiger partial charge < -0.3 is 10.7 Å². The molecule has 0 saturated heterocycles. The number of H-pyrrole nitrogens is 1. The quantitative estimate of drug-likeness (QED) is 0.344. The van der Waals surface area contributed by atoms with Crippen molar-refractivity contribution in [3.63, 3.8) is 0 Å². The van der Waals surface area contributed by atoms with Gasteiger partial charge in [0.2, 0.25) is 10.0 Å². The summed E-state index contributed by atoms with van der Waals surface area (Å²) in [5, 5.41) is 4.16. The maximum Gasteiger partial charge on any atom is 0.229 e. The van der Waals surface area contributed by atoms with Gasteiger partial charge in [0.15, 0.2) is 0 Å². The standard InChI is InChI=1S/C23H20N4O2S2/c1-13-8-16-9-15(6-7-20(16)26-13)19-12-30-22-18(11-25-23(24)21(19)22)14-4-3-5-17(10-14)27-31(2,28)29/h3-12,26-27H,1-2H3,(H2,24,25). The highest BCUT2D eigenvalue weighted by Gasteiger charge is 2.16. The van der Waals surface area contributed by atoms with Crippen LogP contribution in [0, 0.1) is 6.92 Å². The van der Waals surface area contributed by atoms with Gasteiger partial charge in [0.25, 0.3) is 0 Å². The topological polar surface area (TPSA) is 101 Å². The van der Waals surface area contributed by atoms with E-state index in [0.29, 0.717) is 11.5 Å². The summed E-state index contributed by atoms with van der Waals surface area (Å²) in [6.45, 7) is 2.04. The number of nitrogens with zero attached hydrogens (tertiary/aromatic N) is 1. The van der Waals surface area contributed by atoms with Crippen molar-refractivity contribution in [3.05, 3.63) is 65.8 Å². The smallest absolute Gasteiger partial charge is 0.229 e. The van der Waals surface area contributed by atoms with Crippen LogP contribution in [0.15, 0.2) is 60.1 Å². The number of pyridine rings is 1. The van der Waals surface area contributed by atoms with Gasteiger partial charge in [-0.3, -0.25) is 4.72 Å². The third-order valence-corrected chi connectivity index (χ3v) is 6.79. The highest BCUT2D eigenvalue weighted by Crippen LogP contribution is 2.42. The van der Waals surface area contributed by atoms with E-state index in [1.165, 1.54) is 0 Å². The number of fused-ring (bicyclic) bond motifs is 2. The number of rotatable bonds is 4. The number of hydrogen-bond donors (Lipinski definition) is 3. The number of benzene rings is 2. The van der Waals surface area contributed by atoms with Crippen LogP contribution < -0.4 is 10.5 Å². The average Bonchev–Trinajstić information content (AvgIpc) is 3.30. The maximum absolute atomic E-state index is 11.6. The van der Waals surface area contributed by atoms with Crippen molar-refractivity contribution in [2.45, 2.75) is 6.92 Å². The van der Waals surface area contributed by atoms with E-state index in [9.17, 15) is 8.42 Å². The Labute approximate surface area is 183 Å². The first kappa shape index (κ1) is 19.6. The molecule has 8 heteroatoms. The Morgan fingerprint density at radius 1 is 1.06 bits per heavy atom. The molecule has 3 heterocycles. The van der Waals surface area contributed by atoms with E-state index < -0.39 is 10.0 Å². The third-order valence-electron chi connectivity index (χ3n) is 5.17. The van der Waals surface area contributed by atoms with Gasteiger partial charge in [-0.1, -0.05) is 18.2 Å². The summed E-state index contributed by atoms with van der Waals surface area (Å²) in [5.74, 6) is 0.478. The predicted octanol–water partition coefficient (Wildman–Crippen LogP) is 5.37. The number of hydrogen-bond acceptors (Lipinski definition) is 5. The Kier molecular flexibility index (Phi) is 4.49. The zero-order valence-electron chi connectivity index (χ0n) is 16.9. The molecule has 0 saturated carbocycles. The Balaban J connectivity index is 1.66. The van der Waals surface area contributed by atoms with Crippen molar-refractivity contribution in [2.24, 2.45) is 0 Å². The third kappa shape index (κ3) is 3.64. The number of thiophene rings is 1. The largest absolute Gasteiger partial charge is 0.383 e. The normalized spacial score (nSPS) is 11.9. The van der Waals surface area contributed by atoms with E-state index >= 15 is 0 Å². The van der Waals surface area contributed by atoms with Crippen LogP contribution in [0.2, 0.25) is 0 Å². The predicted molar refractivity (Wildman–Crippen MR) is 130 cm³/mol. The molecule has 3 aromatic heterocycles. The number of aromatic amines is 1. The molecule has 5 rings (SSSR count). The fourth-order valence-corrected chi connectivity index (χ4v) is 5.57. The zero-order valence-corrected chi connectivity index (χ0v) is 18.6. The number of anilines is 2. The fourth-order valence-electron chi connectivity index (χ4n) is 3.90. The first-order chi connectivity index (χ1) is 14.8. The summed E-state index contributed by atoms with van der Waals surface area (Å²) in [7, 11) is -3.36. The van der Waals surface area contributed by atoms with Crippen LogP contribution in [0.5, 0.6) is 0 Å². The number of nitrogens with two attached hydrogens (primary N) is 1. The lowest BCUT2D eigenvalue weighted by molar-refractivity contribution is 0.607. The molecule has 0 aliphatic carbocycles. The molecule has 4 N–H and O–H groups in total. The molecule has 2 aromatic carbocycles. The first-order valence-electron chi connectivity index (χ1n) is 9.62. The highest BCUT2D eigenvalue weighted by atomic mass is 32.2. The van der Waals surface area contributed by atoms with Crippen LogP contribution in [0.4, 0.5) is 11.5 Å². The number of aromatic nitrogens is 2. The highest BCUT2D eigenvalue weighted by molar-refractivity contribution is 7.92. The molecule has 6 nitrogen and oxygen atoms in total. The molecule has 5 aromatic rings. The van der Waals surface area contributed by atoms with Crippen molar-refractivity contribution >= 4 is 53.9 Å². The van der Waals surface area contributed by atoms with Crippen molar-refractivity contribution in [3.8, 4) is 22.3 Å². The summed E-state index contributed by atoms with van der Waals surface area (Å²) in [4.78, 5) is 7.80. The molecule has 0 fully saturated rings. The van der Waals surface area contributed by atoms with Gasteiger partial charge in [-0.15, -0.1) is 11.3 Å². The monoisotopic (exact) mass is 448 g/mol. The van der Waals surface area contributed by atoms with Crippen molar-refractivity contribution in [1.29, 1.82) is 0 Å². The van der Waals surface area contributed by atoms with Crippen LogP contribution in [0.1, 0.15) is 5.69 Å². The Morgan fingerprint density at radius 3 is 2.68 bits per heavy atom. The SMILES string of the molecule is Cc1cc2cc(-c3csc4c(-c5cccc(NS(C)(=O)=O)c5)cnc(N)c34)ccc2[nH]1. The van der Waals surface area contributed by atoms with Gasteiger partial charge in [0.05, 0.1) is 6.26 Å². The average molecular weight is 449 g/mol. The number of aryl methyl sites for hydroxylation is 1.